The molecular weight excluding hydrogens is 601 g/mol. The maximum Gasteiger partial charge on any atom is 0.258 e. The van der Waals surface area contributed by atoms with Crippen LogP contribution in [0.3, 0.4) is 0 Å². The van der Waals surface area contributed by atoms with E-state index in [4.69, 9.17) is 28.9 Å². The number of H-pyrrole nitrogens is 2. The average molecular weight is 627 g/mol. The number of imidazole rings is 2. The molecule has 4 aromatic carbocycles. The summed E-state index contributed by atoms with van der Waals surface area (Å²) in [6.07, 6.45) is 3.23. The van der Waals surface area contributed by atoms with Gasteiger partial charge in [0.15, 0.2) is 0 Å². The summed E-state index contributed by atoms with van der Waals surface area (Å²) in [5.74, 6) is 0.262. The van der Waals surface area contributed by atoms with E-state index in [0.29, 0.717) is 44.5 Å². The second kappa shape index (κ2) is 13.6. The van der Waals surface area contributed by atoms with Crippen LogP contribution in [0.1, 0.15) is 20.7 Å². The molecule has 2 aromatic heterocycles. The average Bonchev–Trinajstić information content (AvgIpc) is 3.68. The summed E-state index contributed by atoms with van der Waals surface area (Å²) in [7, 11) is 0. The molecule has 0 atom stereocenters. The number of carbonyl (C=O) groups excluding carboxylic acids is 2. The van der Waals surface area contributed by atoms with Crippen molar-refractivity contribution in [1.82, 2.24) is 19.9 Å². The molecule has 0 aliphatic carbocycles. The van der Waals surface area contributed by atoms with E-state index in [0.717, 1.165) is 16.8 Å². The van der Waals surface area contributed by atoms with Gasteiger partial charge in [-0.2, -0.15) is 0 Å². The van der Waals surface area contributed by atoms with Gasteiger partial charge in [-0.25, -0.2) is 9.97 Å². The van der Waals surface area contributed by atoms with E-state index in [1.807, 2.05) is 30.3 Å². The number of aromatic nitrogens is 4. The van der Waals surface area contributed by atoms with Crippen LogP contribution in [-0.2, 0) is 0 Å². The number of amides is 2. The van der Waals surface area contributed by atoms with Crippen LogP contribution in [0, 0.1) is 0 Å². The number of carbonyl (C=O) groups is 2. The van der Waals surface area contributed by atoms with Crippen molar-refractivity contribution >= 4 is 52.6 Å². The van der Waals surface area contributed by atoms with Crippen molar-refractivity contribution in [3.05, 3.63) is 131 Å². The number of aromatic amines is 2. The molecule has 0 radical (unpaired) electrons. The molecule has 0 bridgehead atoms. The second-order valence-corrected chi connectivity index (χ2v) is 10.3. The number of phenols is 1. The van der Waals surface area contributed by atoms with Gasteiger partial charge in [0.2, 0.25) is 11.9 Å². The molecule has 0 fully saturated rings. The maximum atomic E-state index is 12.1. The summed E-state index contributed by atoms with van der Waals surface area (Å²) in [5, 5.41) is 15.8. The third-order valence-electron chi connectivity index (χ3n) is 6.14. The number of halogens is 2. The highest BCUT2D eigenvalue weighted by Crippen LogP contribution is 2.23. The zero-order chi connectivity index (χ0) is 31.1. The lowest BCUT2D eigenvalue weighted by atomic mass is 10.1. The fraction of sp³-hybridized carbons (Fsp3) is 0. The van der Waals surface area contributed by atoms with Crippen molar-refractivity contribution in [1.29, 1.82) is 0 Å². The van der Waals surface area contributed by atoms with Crippen LogP contribution in [-0.4, -0.2) is 36.9 Å². The summed E-state index contributed by atoms with van der Waals surface area (Å²) in [6.45, 7) is 0. The van der Waals surface area contributed by atoms with E-state index in [-0.39, 0.29) is 17.6 Å². The standard InChI is InChI=1S/C16H13ClN4O.C16H12ClN3O2/c17-12-5-1-4-11(7-12)15(22)21-16-19-9-14(20-16)10-3-2-6-13(18)8-10;17-12-5-1-4-11(7-12)15(22)20-16-18-9-14(19-16)10-3-2-6-13(21)8-10/h1-9H,18H2,(H2,19,20,21,22);1-9,21H,(H2,18,19,20,22). The SMILES string of the molecule is Nc1cccc(-c2cnc(NC(=O)c3cccc(Cl)c3)[nH]2)c1.O=C(Nc1ncc(-c2cccc(O)c2)[nH]1)c1cccc(Cl)c1. The molecule has 0 aliphatic rings. The van der Waals surface area contributed by atoms with Crippen molar-refractivity contribution in [3.8, 4) is 28.3 Å². The Bertz CT molecular complexity index is 1800. The van der Waals surface area contributed by atoms with Gasteiger partial charge in [-0.1, -0.05) is 59.6 Å². The molecule has 220 valence electrons. The van der Waals surface area contributed by atoms with Gasteiger partial charge in [-0.3, -0.25) is 20.2 Å². The second-order valence-electron chi connectivity index (χ2n) is 9.40. The molecule has 0 saturated carbocycles. The molecule has 2 heterocycles. The zero-order valence-electron chi connectivity index (χ0n) is 22.9. The van der Waals surface area contributed by atoms with Crippen LogP contribution < -0.4 is 16.4 Å². The van der Waals surface area contributed by atoms with Gasteiger partial charge in [0.25, 0.3) is 11.8 Å². The topological polar surface area (TPSA) is 162 Å². The minimum atomic E-state index is -0.306. The number of nitrogens with one attached hydrogen (secondary N) is 4. The number of nitrogens with two attached hydrogens (primary N) is 1. The molecule has 2 amide bonds. The molecule has 6 aromatic rings. The molecule has 0 spiro atoms. The Morgan fingerprint density at radius 2 is 1.14 bits per heavy atom. The van der Waals surface area contributed by atoms with Gasteiger partial charge in [-0.15, -0.1) is 0 Å². The Kier molecular flexibility index (Phi) is 9.24. The van der Waals surface area contributed by atoms with E-state index < -0.39 is 0 Å². The van der Waals surface area contributed by atoms with Crippen LogP contribution in [0.5, 0.6) is 5.75 Å². The largest absolute Gasteiger partial charge is 0.508 e. The number of hydrogen-bond acceptors (Lipinski definition) is 6. The quantitative estimate of drug-likeness (QED) is 0.107. The van der Waals surface area contributed by atoms with Crippen LogP contribution in [0.4, 0.5) is 17.6 Å². The van der Waals surface area contributed by atoms with Gasteiger partial charge < -0.3 is 20.8 Å². The van der Waals surface area contributed by atoms with E-state index in [1.165, 1.54) is 0 Å². The number of aromatic hydroxyl groups is 1. The number of rotatable bonds is 6. The lowest BCUT2D eigenvalue weighted by molar-refractivity contribution is 0.101. The smallest absolute Gasteiger partial charge is 0.258 e. The normalized spacial score (nSPS) is 10.4. The summed E-state index contributed by atoms with van der Waals surface area (Å²) in [6, 6.07) is 27.5. The van der Waals surface area contributed by atoms with Gasteiger partial charge in [0.05, 0.1) is 23.8 Å². The van der Waals surface area contributed by atoms with Gasteiger partial charge in [-0.05, 0) is 60.7 Å². The molecular formula is C32H25Cl2N7O3. The Morgan fingerprint density at radius 1 is 0.659 bits per heavy atom. The van der Waals surface area contributed by atoms with Crippen LogP contribution >= 0.6 is 23.2 Å². The minimum Gasteiger partial charge on any atom is -0.508 e. The zero-order valence-corrected chi connectivity index (χ0v) is 24.4. The van der Waals surface area contributed by atoms with Crippen molar-refractivity contribution in [3.63, 3.8) is 0 Å². The lowest BCUT2D eigenvalue weighted by Gasteiger charge is -2.02. The Hall–Kier alpha value is -5.58. The number of hydrogen-bond donors (Lipinski definition) is 6. The van der Waals surface area contributed by atoms with E-state index in [2.05, 4.69) is 30.6 Å². The maximum absolute atomic E-state index is 12.1. The highest BCUT2D eigenvalue weighted by atomic mass is 35.5. The third kappa shape index (κ3) is 7.82. The molecule has 0 aliphatic heterocycles. The van der Waals surface area contributed by atoms with Gasteiger partial charge >= 0.3 is 0 Å². The van der Waals surface area contributed by atoms with E-state index in [9.17, 15) is 14.7 Å². The highest BCUT2D eigenvalue weighted by Gasteiger charge is 2.11. The van der Waals surface area contributed by atoms with E-state index >= 15 is 0 Å². The Morgan fingerprint density at radius 3 is 1.61 bits per heavy atom. The third-order valence-corrected chi connectivity index (χ3v) is 6.61. The molecule has 7 N–H and O–H groups in total. The predicted octanol–water partition coefficient (Wildman–Crippen LogP) is 7.25. The van der Waals surface area contributed by atoms with E-state index in [1.54, 1.807) is 79.1 Å². The number of anilines is 3. The monoisotopic (exact) mass is 625 g/mol. The Labute approximate surface area is 261 Å². The molecule has 0 saturated heterocycles. The molecule has 44 heavy (non-hydrogen) atoms. The number of phenolic OH excluding ortho intramolecular Hbond substituents is 1. The summed E-state index contributed by atoms with van der Waals surface area (Å²) >= 11 is 11.7. The minimum absolute atomic E-state index is 0.164. The molecule has 6 rings (SSSR count). The first-order valence-corrected chi connectivity index (χ1v) is 13.9. The van der Waals surface area contributed by atoms with Crippen molar-refractivity contribution in [2.75, 3.05) is 16.4 Å². The Balaban J connectivity index is 0.000000175. The first kappa shape index (κ1) is 29.9. The summed E-state index contributed by atoms with van der Waals surface area (Å²) in [5.41, 5.74) is 10.5. The fourth-order valence-electron chi connectivity index (χ4n) is 4.06. The van der Waals surface area contributed by atoms with Crippen LogP contribution in [0.2, 0.25) is 10.0 Å². The molecule has 10 nitrogen and oxygen atoms in total. The van der Waals surface area contributed by atoms with Crippen LogP contribution in [0.25, 0.3) is 22.5 Å². The van der Waals surface area contributed by atoms with Crippen LogP contribution in [0.15, 0.2) is 109 Å². The molecule has 12 heteroatoms. The number of nitrogen functional groups attached to an aromatic ring is 1. The fourth-order valence-corrected chi connectivity index (χ4v) is 4.44. The van der Waals surface area contributed by atoms with Crippen molar-refractivity contribution in [2.45, 2.75) is 0 Å². The van der Waals surface area contributed by atoms with Crippen molar-refractivity contribution in [2.24, 2.45) is 0 Å². The summed E-state index contributed by atoms with van der Waals surface area (Å²) in [4.78, 5) is 38.5. The molecule has 0 unspecified atom stereocenters. The number of nitrogens with zero attached hydrogens (tertiary/aromatic N) is 2. The predicted molar refractivity (Wildman–Crippen MR) is 173 cm³/mol. The first-order valence-electron chi connectivity index (χ1n) is 13.1. The summed E-state index contributed by atoms with van der Waals surface area (Å²) < 4.78 is 0. The number of benzene rings is 4. The van der Waals surface area contributed by atoms with Crippen molar-refractivity contribution < 1.29 is 14.7 Å². The first-order chi connectivity index (χ1) is 21.2. The van der Waals surface area contributed by atoms with Gasteiger partial charge in [0.1, 0.15) is 5.75 Å². The lowest BCUT2D eigenvalue weighted by Crippen LogP contribution is -2.12. The highest BCUT2D eigenvalue weighted by molar-refractivity contribution is 6.31. The van der Waals surface area contributed by atoms with Gasteiger partial charge in [0, 0.05) is 38.0 Å².